The molecule has 0 aliphatic carbocycles. The van der Waals surface area contributed by atoms with Gasteiger partial charge in [0.15, 0.2) is 0 Å². The Morgan fingerprint density at radius 2 is 1.84 bits per heavy atom. The average molecular weight is 371 g/mol. The van der Waals surface area contributed by atoms with Crippen molar-refractivity contribution >= 4 is 16.0 Å². The van der Waals surface area contributed by atoms with Crippen molar-refractivity contribution in [3.05, 3.63) is 22.8 Å². The van der Waals surface area contributed by atoms with Gasteiger partial charge in [0, 0.05) is 13.1 Å². The van der Waals surface area contributed by atoms with E-state index in [0.717, 1.165) is 5.56 Å². The van der Waals surface area contributed by atoms with Gasteiger partial charge in [-0.15, -0.1) is 0 Å². The van der Waals surface area contributed by atoms with Crippen molar-refractivity contribution in [3.8, 4) is 5.75 Å². The molecule has 1 saturated heterocycles. The van der Waals surface area contributed by atoms with E-state index in [1.807, 2.05) is 6.92 Å². The number of ether oxygens (including phenoxy) is 2. The Morgan fingerprint density at radius 3 is 2.36 bits per heavy atom. The number of methoxy groups -OCH3 is 1. The van der Waals surface area contributed by atoms with Gasteiger partial charge in [0.1, 0.15) is 12.4 Å². The largest absolute Gasteiger partial charge is 0.496 e. The number of carboxylic acids is 1. The lowest BCUT2D eigenvalue weighted by Gasteiger charge is -2.32. The molecule has 1 aromatic carbocycles. The van der Waals surface area contributed by atoms with Crippen molar-refractivity contribution < 1.29 is 27.8 Å². The van der Waals surface area contributed by atoms with Crippen LogP contribution in [0.1, 0.15) is 29.5 Å². The summed E-state index contributed by atoms with van der Waals surface area (Å²) in [4.78, 5) is 10.9. The zero-order valence-electron chi connectivity index (χ0n) is 15.0. The van der Waals surface area contributed by atoms with Gasteiger partial charge in [-0.05, 0) is 56.4 Å². The summed E-state index contributed by atoms with van der Waals surface area (Å²) >= 11 is 0. The first-order chi connectivity index (χ1) is 11.7. The molecule has 1 N–H and O–H groups in total. The van der Waals surface area contributed by atoms with Gasteiger partial charge in [0.05, 0.1) is 18.1 Å². The van der Waals surface area contributed by atoms with Crippen LogP contribution in [0.3, 0.4) is 0 Å². The number of hydrogen-bond acceptors (Lipinski definition) is 5. The Balaban J connectivity index is 2.21. The van der Waals surface area contributed by atoms with Gasteiger partial charge in [0.2, 0.25) is 10.0 Å². The number of aliphatic carboxylic acids is 1. The van der Waals surface area contributed by atoms with Crippen molar-refractivity contribution in [2.75, 3.05) is 26.8 Å². The number of rotatable bonds is 6. The van der Waals surface area contributed by atoms with Gasteiger partial charge in [0.25, 0.3) is 0 Å². The molecule has 1 aromatic rings. The van der Waals surface area contributed by atoms with Crippen LogP contribution in [-0.2, 0) is 19.6 Å². The van der Waals surface area contributed by atoms with Crippen LogP contribution in [0.15, 0.2) is 11.0 Å². The highest BCUT2D eigenvalue weighted by Crippen LogP contribution is 2.33. The Kier molecular flexibility index (Phi) is 6.08. The van der Waals surface area contributed by atoms with Gasteiger partial charge in [-0.3, -0.25) is 0 Å². The highest BCUT2D eigenvalue weighted by atomic mass is 32.2. The van der Waals surface area contributed by atoms with E-state index in [2.05, 4.69) is 0 Å². The van der Waals surface area contributed by atoms with Gasteiger partial charge < -0.3 is 14.6 Å². The lowest BCUT2D eigenvalue weighted by atomic mass is 10.1. The minimum Gasteiger partial charge on any atom is -0.496 e. The Hall–Kier alpha value is -1.64. The van der Waals surface area contributed by atoms with E-state index in [1.54, 1.807) is 27.0 Å². The smallest absolute Gasteiger partial charge is 0.329 e. The zero-order valence-corrected chi connectivity index (χ0v) is 15.9. The Morgan fingerprint density at radius 1 is 1.24 bits per heavy atom. The lowest BCUT2D eigenvalue weighted by molar-refractivity contribution is -0.145. The lowest BCUT2D eigenvalue weighted by Crippen LogP contribution is -2.41. The van der Waals surface area contributed by atoms with Crippen molar-refractivity contribution in [1.29, 1.82) is 0 Å². The molecule has 1 fully saturated rings. The summed E-state index contributed by atoms with van der Waals surface area (Å²) < 4.78 is 38.2. The number of piperidine rings is 1. The SMILES string of the molecule is COc1cc(C)c(S(=O)(=O)N2CCC(OCC(=O)O)CC2)c(C)c1C. The van der Waals surface area contributed by atoms with Crippen LogP contribution in [0.25, 0.3) is 0 Å². The second-order valence-electron chi connectivity index (χ2n) is 6.28. The number of hydrogen-bond donors (Lipinski definition) is 1. The highest BCUT2D eigenvalue weighted by molar-refractivity contribution is 7.89. The fourth-order valence-electron chi connectivity index (χ4n) is 3.19. The maximum atomic E-state index is 13.1. The minimum absolute atomic E-state index is 0.220. The molecule has 1 aliphatic heterocycles. The standard InChI is InChI=1S/C17H25NO6S/c1-11-9-15(23-4)12(2)13(3)17(11)25(21,22)18-7-5-14(6-8-18)24-10-16(19)20/h9,14H,5-8,10H2,1-4H3,(H,19,20). The fourth-order valence-corrected chi connectivity index (χ4v) is 5.14. The first kappa shape index (κ1) is 19.7. The van der Waals surface area contributed by atoms with Crippen LogP contribution in [0.4, 0.5) is 0 Å². The normalized spacial score (nSPS) is 16.8. The van der Waals surface area contributed by atoms with Crippen LogP contribution in [-0.4, -0.2) is 56.7 Å². The van der Waals surface area contributed by atoms with E-state index in [4.69, 9.17) is 14.6 Å². The minimum atomic E-state index is -3.62. The van der Waals surface area contributed by atoms with Crippen LogP contribution in [0, 0.1) is 20.8 Å². The monoisotopic (exact) mass is 371 g/mol. The number of aryl methyl sites for hydroxylation is 1. The van der Waals surface area contributed by atoms with Crippen LogP contribution in [0.5, 0.6) is 5.75 Å². The first-order valence-electron chi connectivity index (χ1n) is 8.16. The molecule has 0 saturated carbocycles. The second kappa shape index (κ2) is 7.72. The van der Waals surface area contributed by atoms with Gasteiger partial charge in [-0.25, -0.2) is 13.2 Å². The Labute approximate surface area is 148 Å². The van der Waals surface area contributed by atoms with Gasteiger partial charge >= 0.3 is 5.97 Å². The van der Waals surface area contributed by atoms with Crippen LogP contribution in [0.2, 0.25) is 0 Å². The molecule has 25 heavy (non-hydrogen) atoms. The summed E-state index contributed by atoms with van der Waals surface area (Å²) in [5.74, 6) is -0.343. The number of sulfonamides is 1. The second-order valence-corrected chi connectivity index (χ2v) is 8.16. The van der Waals surface area contributed by atoms with Gasteiger partial charge in [-0.2, -0.15) is 4.31 Å². The van der Waals surface area contributed by atoms with Crippen LogP contribution >= 0.6 is 0 Å². The van der Waals surface area contributed by atoms with E-state index in [1.165, 1.54) is 4.31 Å². The third-order valence-corrected chi connectivity index (χ3v) is 6.83. The fraction of sp³-hybridized carbons (Fsp3) is 0.588. The van der Waals surface area contributed by atoms with Crippen molar-refractivity contribution in [3.63, 3.8) is 0 Å². The van der Waals surface area contributed by atoms with E-state index in [-0.39, 0.29) is 12.7 Å². The number of benzene rings is 1. The predicted octanol–water partition coefficient (Wildman–Crippen LogP) is 1.87. The van der Waals surface area contributed by atoms with E-state index >= 15 is 0 Å². The molecular formula is C17H25NO6S. The summed E-state index contributed by atoms with van der Waals surface area (Å²) in [5, 5.41) is 8.66. The highest BCUT2D eigenvalue weighted by Gasteiger charge is 2.32. The summed E-state index contributed by atoms with van der Waals surface area (Å²) in [6.07, 6.45) is 0.752. The molecule has 0 spiro atoms. The molecular weight excluding hydrogens is 346 g/mol. The third kappa shape index (κ3) is 4.13. The number of carbonyl (C=O) groups is 1. The maximum Gasteiger partial charge on any atom is 0.329 e. The Bertz CT molecular complexity index is 751. The van der Waals surface area contributed by atoms with E-state index < -0.39 is 16.0 Å². The molecule has 0 radical (unpaired) electrons. The van der Waals surface area contributed by atoms with E-state index in [9.17, 15) is 13.2 Å². The topological polar surface area (TPSA) is 93.1 Å². The molecule has 7 nitrogen and oxygen atoms in total. The molecule has 0 atom stereocenters. The summed E-state index contributed by atoms with van der Waals surface area (Å²) in [6, 6.07) is 1.75. The first-order valence-corrected chi connectivity index (χ1v) is 9.60. The molecule has 8 heteroatoms. The number of carboxylic acid groups (broad SMARTS) is 1. The average Bonchev–Trinajstić information content (AvgIpc) is 2.56. The molecule has 1 heterocycles. The van der Waals surface area contributed by atoms with E-state index in [0.29, 0.717) is 47.7 Å². The van der Waals surface area contributed by atoms with Gasteiger partial charge in [-0.1, -0.05) is 0 Å². The third-order valence-electron chi connectivity index (χ3n) is 4.64. The molecule has 2 rings (SSSR count). The summed E-state index contributed by atoms with van der Waals surface area (Å²) in [7, 11) is -2.05. The molecule has 0 aromatic heterocycles. The molecule has 1 aliphatic rings. The van der Waals surface area contributed by atoms with Crippen molar-refractivity contribution in [2.45, 2.75) is 44.6 Å². The summed E-state index contributed by atoms with van der Waals surface area (Å²) in [5.41, 5.74) is 2.16. The summed E-state index contributed by atoms with van der Waals surface area (Å²) in [6.45, 7) is 5.68. The predicted molar refractivity (Wildman–Crippen MR) is 92.6 cm³/mol. The molecule has 0 bridgehead atoms. The van der Waals surface area contributed by atoms with Crippen molar-refractivity contribution in [1.82, 2.24) is 4.31 Å². The zero-order chi connectivity index (χ0) is 18.8. The molecule has 0 amide bonds. The van der Waals surface area contributed by atoms with Crippen LogP contribution < -0.4 is 4.74 Å². The quantitative estimate of drug-likeness (QED) is 0.821. The maximum absolute atomic E-state index is 13.1. The van der Waals surface area contributed by atoms with Crippen molar-refractivity contribution in [2.24, 2.45) is 0 Å². The number of nitrogens with zero attached hydrogens (tertiary/aromatic N) is 1. The molecule has 140 valence electrons. The molecule has 0 unspecified atom stereocenters.